The number of rotatable bonds is 2. The van der Waals surface area contributed by atoms with Gasteiger partial charge in [0, 0.05) is 17.6 Å². The zero-order valence-electron chi connectivity index (χ0n) is 7.74. The van der Waals surface area contributed by atoms with Crippen molar-refractivity contribution in [2.24, 2.45) is 0 Å². The van der Waals surface area contributed by atoms with Crippen molar-refractivity contribution in [1.82, 2.24) is 9.88 Å². The first kappa shape index (κ1) is 9.73. The van der Waals surface area contributed by atoms with Crippen LogP contribution in [-0.2, 0) is 6.54 Å². The second-order valence-electron chi connectivity index (χ2n) is 3.32. The summed E-state index contributed by atoms with van der Waals surface area (Å²) < 4.78 is 6.44. The number of nitrogens with zero attached hydrogens (tertiary/aromatic N) is 2. The molecule has 1 aromatic heterocycles. The van der Waals surface area contributed by atoms with Crippen LogP contribution in [0.15, 0.2) is 21.2 Å². The van der Waals surface area contributed by atoms with Gasteiger partial charge in [0.05, 0.1) is 12.7 Å². The van der Waals surface area contributed by atoms with E-state index in [0.29, 0.717) is 0 Å². The topological polar surface area (TPSA) is 55.3 Å². The maximum absolute atomic E-state index is 5.39. The van der Waals surface area contributed by atoms with Crippen molar-refractivity contribution in [3.8, 4) is 0 Å². The number of nitrogens with two attached hydrogens (primary N) is 1. The van der Waals surface area contributed by atoms with Crippen molar-refractivity contribution in [2.75, 3.05) is 18.8 Å². The third-order valence-electron chi connectivity index (χ3n) is 2.14. The van der Waals surface area contributed by atoms with E-state index in [1.54, 1.807) is 6.20 Å². The molecule has 1 aliphatic heterocycles. The number of nitrogen functional groups attached to an aromatic ring is 1. The summed E-state index contributed by atoms with van der Waals surface area (Å²) in [5.74, 6) is 0.824. The second kappa shape index (κ2) is 4.14. The van der Waals surface area contributed by atoms with Gasteiger partial charge in [0.15, 0.2) is 0 Å². The Balaban J connectivity index is 1.95. The van der Waals surface area contributed by atoms with E-state index in [4.69, 9.17) is 10.2 Å². The van der Waals surface area contributed by atoms with Crippen LogP contribution in [0.3, 0.4) is 0 Å². The minimum absolute atomic E-state index is 0.242. The van der Waals surface area contributed by atoms with Gasteiger partial charge in [0.1, 0.15) is 5.76 Å². The third-order valence-corrected chi connectivity index (χ3v) is 2.71. The fraction of sp³-hybridized carbons (Fsp3) is 0.444. The molecule has 76 valence electrons. The number of aromatic nitrogens is 1. The smallest absolute Gasteiger partial charge is 0.292 e. The average Bonchev–Trinajstić information content (AvgIpc) is 2.51. The zero-order chi connectivity index (χ0) is 9.97. The molecule has 0 unspecified atom stereocenters. The quantitative estimate of drug-likeness (QED) is 0.877. The minimum atomic E-state index is 0.242. The summed E-state index contributed by atoms with van der Waals surface area (Å²) in [7, 11) is 0. The highest BCUT2D eigenvalue weighted by atomic mass is 79.9. The highest BCUT2D eigenvalue weighted by molar-refractivity contribution is 9.11. The van der Waals surface area contributed by atoms with Crippen LogP contribution < -0.4 is 5.73 Å². The van der Waals surface area contributed by atoms with Crippen LogP contribution in [0.5, 0.6) is 0 Å². The molecule has 0 saturated heterocycles. The summed E-state index contributed by atoms with van der Waals surface area (Å²) in [5.41, 5.74) is 5.39. The fourth-order valence-corrected chi connectivity index (χ4v) is 2.10. The van der Waals surface area contributed by atoms with Crippen molar-refractivity contribution < 1.29 is 4.42 Å². The molecule has 1 aromatic rings. The highest BCUT2D eigenvalue weighted by Crippen LogP contribution is 2.17. The van der Waals surface area contributed by atoms with Gasteiger partial charge in [0.2, 0.25) is 0 Å². The van der Waals surface area contributed by atoms with Gasteiger partial charge in [-0.3, -0.25) is 4.90 Å². The van der Waals surface area contributed by atoms with Crippen LogP contribution in [-0.4, -0.2) is 23.0 Å². The maximum Gasteiger partial charge on any atom is 0.292 e. The molecule has 0 amide bonds. The highest BCUT2D eigenvalue weighted by Gasteiger charge is 2.13. The number of halogens is 1. The van der Waals surface area contributed by atoms with E-state index < -0.39 is 0 Å². The Hall–Kier alpha value is -0.810. The molecular formula is C9H12BrN3O. The summed E-state index contributed by atoms with van der Waals surface area (Å²) >= 11 is 3.50. The van der Waals surface area contributed by atoms with Crippen LogP contribution in [0, 0.1) is 0 Å². The fourth-order valence-electron chi connectivity index (χ4n) is 1.51. The Morgan fingerprint density at radius 3 is 3.14 bits per heavy atom. The predicted octanol–water partition coefficient (Wildman–Crippen LogP) is 1.74. The van der Waals surface area contributed by atoms with Crippen LogP contribution in [0.1, 0.15) is 12.2 Å². The molecule has 0 aromatic carbocycles. The van der Waals surface area contributed by atoms with Gasteiger partial charge in [-0.25, -0.2) is 4.98 Å². The van der Waals surface area contributed by atoms with Crippen molar-refractivity contribution in [3.05, 3.63) is 22.5 Å². The molecule has 0 atom stereocenters. The van der Waals surface area contributed by atoms with Gasteiger partial charge < -0.3 is 10.2 Å². The molecule has 0 bridgehead atoms. The van der Waals surface area contributed by atoms with Gasteiger partial charge >= 0.3 is 0 Å². The van der Waals surface area contributed by atoms with E-state index in [2.05, 4.69) is 31.9 Å². The standard InChI is InChI=1S/C9H12BrN3O/c10-7-2-1-3-13(5-7)6-8-4-12-9(11)14-8/h2,4H,1,3,5-6H2,(H2,11,12). The number of hydrogen-bond acceptors (Lipinski definition) is 4. The molecule has 0 fully saturated rings. The van der Waals surface area contributed by atoms with Crippen LogP contribution in [0.4, 0.5) is 6.01 Å². The molecule has 2 N–H and O–H groups in total. The first-order valence-electron chi connectivity index (χ1n) is 4.51. The zero-order valence-corrected chi connectivity index (χ0v) is 9.33. The summed E-state index contributed by atoms with van der Waals surface area (Å²) in [5, 5.41) is 0. The van der Waals surface area contributed by atoms with Gasteiger partial charge in [-0.15, -0.1) is 0 Å². The van der Waals surface area contributed by atoms with Gasteiger partial charge in [-0.05, 0) is 6.42 Å². The predicted molar refractivity (Wildman–Crippen MR) is 57.8 cm³/mol. The van der Waals surface area contributed by atoms with E-state index in [1.165, 1.54) is 4.48 Å². The van der Waals surface area contributed by atoms with E-state index in [-0.39, 0.29) is 6.01 Å². The molecule has 0 radical (unpaired) electrons. The maximum atomic E-state index is 5.39. The third kappa shape index (κ3) is 2.36. The van der Waals surface area contributed by atoms with Gasteiger partial charge in [-0.1, -0.05) is 22.0 Å². The molecule has 4 nitrogen and oxygen atoms in total. The molecule has 1 aliphatic rings. The summed E-state index contributed by atoms with van der Waals surface area (Å²) in [6.07, 6.45) is 4.96. The van der Waals surface area contributed by atoms with E-state index in [0.717, 1.165) is 31.8 Å². The Morgan fingerprint density at radius 1 is 1.64 bits per heavy atom. The number of oxazole rings is 1. The summed E-state index contributed by atoms with van der Waals surface area (Å²) in [4.78, 5) is 6.14. The lowest BCUT2D eigenvalue weighted by molar-refractivity contribution is 0.265. The molecule has 2 rings (SSSR count). The Kier molecular flexibility index (Phi) is 2.88. The lowest BCUT2D eigenvalue weighted by Crippen LogP contribution is -2.27. The Bertz CT molecular complexity index is 348. The van der Waals surface area contributed by atoms with Crippen molar-refractivity contribution >= 4 is 21.9 Å². The first-order valence-corrected chi connectivity index (χ1v) is 5.30. The van der Waals surface area contributed by atoms with E-state index in [1.807, 2.05) is 0 Å². The van der Waals surface area contributed by atoms with E-state index in [9.17, 15) is 0 Å². The molecule has 14 heavy (non-hydrogen) atoms. The van der Waals surface area contributed by atoms with Crippen LogP contribution in [0.2, 0.25) is 0 Å². The molecule has 0 spiro atoms. The van der Waals surface area contributed by atoms with E-state index >= 15 is 0 Å². The molecule has 2 heterocycles. The van der Waals surface area contributed by atoms with Crippen molar-refractivity contribution in [1.29, 1.82) is 0 Å². The normalized spacial score (nSPS) is 18.2. The molecule has 0 saturated carbocycles. The average molecular weight is 258 g/mol. The van der Waals surface area contributed by atoms with Gasteiger partial charge in [0.25, 0.3) is 6.01 Å². The van der Waals surface area contributed by atoms with Crippen molar-refractivity contribution in [2.45, 2.75) is 13.0 Å². The Morgan fingerprint density at radius 2 is 2.50 bits per heavy atom. The van der Waals surface area contributed by atoms with Gasteiger partial charge in [-0.2, -0.15) is 0 Å². The number of hydrogen-bond donors (Lipinski definition) is 1. The second-order valence-corrected chi connectivity index (χ2v) is 4.33. The lowest BCUT2D eigenvalue weighted by atomic mass is 10.2. The largest absolute Gasteiger partial charge is 0.428 e. The monoisotopic (exact) mass is 257 g/mol. The van der Waals surface area contributed by atoms with Crippen molar-refractivity contribution in [3.63, 3.8) is 0 Å². The van der Waals surface area contributed by atoms with Crippen LogP contribution >= 0.6 is 15.9 Å². The number of anilines is 1. The Labute approximate surface area is 90.9 Å². The lowest BCUT2D eigenvalue weighted by Gasteiger charge is -2.23. The van der Waals surface area contributed by atoms with Crippen LogP contribution in [0.25, 0.3) is 0 Å². The molecule has 5 heteroatoms. The summed E-state index contributed by atoms with van der Waals surface area (Å²) in [6.45, 7) is 2.75. The molecular weight excluding hydrogens is 246 g/mol. The first-order chi connectivity index (χ1) is 6.74. The SMILES string of the molecule is Nc1ncc(CN2CCC=C(Br)C2)o1. The summed E-state index contributed by atoms with van der Waals surface area (Å²) in [6, 6.07) is 0.242. The molecule has 0 aliphatic carbocycles. The minimum Gasteiger partial charge on any atom is -0.428 e.